The average molecular weight is 523 g/mol. The van der Waals surface area contributed by atoms with Gasteiger partial charge >= 0.3 is 0 Å². The van der Waals surface area contributed by atoms with Crippen molar-refractivity contribution >= 4 is 38.4 Å². The molecule has 0 atom stereocenters. The quantitative estimate of drug-likeness (QED) is 0.219. The van der Waals surface area contributed by atoms with Crippen LogP contribution in [0.4, 0.5) is 0 Å². The molecule has 0 N–H and O–H groups in total. The number of benzene rings is 7. The van der Waals surface area contributed by atoms with Gasteiger partial charge in [-0.15, -0.1) is 0 Å². The van der Waals surface area contributed by atoms with Crippen LogP contribution in [-0.4, -0.2) is 0 Å². The zero-order valence-corrected chi connectivity index (χ0v) is 22.5. The van der Waals surface area contributed by atoms with Gasteiger partial charge in [-0.1, -0.05) is 97.1 Å². The van der Waals surface area contributed by atoms with Crippen LogP contribution in [0.3, 0.4) is 0 Å². The molecular weight excluding hydrogens is 496 g/mol. The minimum absolute atomic E-state index is 0.925. The van der Waals surface area contributed by atoms with E-state index < -0.39 is 0 Å². The molecule has 7 aromatic rings. The van der Waals surface area contributed by atoms with E-state index in [4.69, 9.17) is 4.74 Å². The number of ether oxygens (including phenoxy) is 1. The molecule has 192 valence electrons. The first-order valence-corrected chi connectivity index (χ1v) is 14.4. The van der Waals surface area contributed by atoms with Gasteiger partial charge in [-0.2, -0.15) is 0 Å². The summed E-state index contributed by atoms with van der Waals surface area (Å²) in [6, 6.07) is 44.4. The second-order valence-corrected chi connectivity index (χ2v) is 11.3. The monoisotopic (exact) mass is 522 g/mol. The summed E-state index contributed by atoms with van der Waals surface area (Å²) in [5.41, 5.74) is 10.1. The predicted molar refractivity (Wildman–Crippen MR) is 173 cm³/mol. The zero-order valence-electron chi connectivity index (χ0n) is 22.5. The van der Waals surface area contributed by atoms with Crippen LogP contribution in [-0.2, 0) is 6.42 Å². The van der Waals surface area contributed by atoms with Gasteiger partial charge in [0, 0.05) is 10.9 Å². The first-order chi connectivity index (χ1) is 20.3. The van der Waals surface area contributed by atoms with Crippen molar-refractivity contribution in [3.05, 3.63) is 139 Å². The van der Waals surface area contributed by atoms with E-state index in [1.165, 1.54) is 76.8 Å². The van der Waals surface area contributed by atoms with Gasteiger partial charge in [0.05, 0.1) is 0 Å². The van der Waals surface area contributed by atoms with Crippen molar-refractivity contribution in [2.24, 2.45) is 0 Å². The Morgan fingerprint density at radius 3 is 1.93 bits per heavy atom. The first-order valence-electron chi connectivity index (χ1n) is 14.4. The molecule has 9 rings (SSSR count). The number of allylic oxidation sites excluding steroid dienone is 1. The Morgan fingerprint density at radius 1 is 0.488 bits per heavy atom. The number of rotatable bonds is 2. The molecule has 7 aromatic carbocycles. The molecule has 0 unspecified atom stereocenters. The molecule has 41 heavy (non-hydrogen) atoms. The Morgan fingerprint density at radius 2 is 1.15 bits per heavy atom. The maximum absolute atomic E-state index is 6.52. The topological polar surface area (TPSA) is 9.23 Å². The maximum Gasteiger partial charge on any atom is 0.136 e. The van der Waals surface area contributed by atoms with Crippen molar-refractivity contribution in [1.29, 1.82) is 0 Å². The number of hydrogen-bond acceptors (Lipinski definition) is 1. The van der Waals surface area contributed by atoms with E-state index in [0.717, 1.165) is 24.3 Å². The Hall–Kier alpha value is -5.14. The average Bonchev–Trinajstić information content (AvgIpc) is 3.04. The summed E-state index contributed by atoms with van der Waals surface area (Å²) >= 11 is 0. The van der Waals surface area contributed by atoms with Crippen molar-refractivity contribution in [1.82, 2.24) is 0 Å². The molecule has 0 saturated carbocycles. The van der Waals surface area contributed by atoms with E-state index in [1.54, 1.807) is 0 Å². The molecule has 0 aromatic heterocycles. The highest BCUT2D eigenvalue weighted by atomic mass is 16.5. The molecule has 1 aliphatic carbocycles. The fourth-order valence-corrected chi connectivity index (χ4v) is 6.80. The summed E-state index contributed by atoms with van der Waals surface area (Å²) in [6.07, 6.45) is 6.69. The maximum atomic E-state index is 6.52. The van der Waals surface area contributed by atoms with E-state index in [2.05, 4.69) is 133 Å². The Bertz CT molecular complexity index is 2230. The molecule has 2 aliphatic rings. The lowest BCUT2D eigenvalue weighted by Gasteiger charge is -2.25. The summed E-state index contributed by atoms with van der Waals surface area (Å²) in [5, 5.41) is 7.60. The number of aryl methyl sites for hydroxylation is 1. The largest absolute Gasteiger partial charge is 0.456 e. The van der Waals surface area contributed by atoms with Gasteiger partial charge in [0.25, 0.3) is 0 Å². The summed E-state index contributed by atoms with van der Waals surface area (Å²) in [7, 11) is 0. The summed E-state index contributed by atoms with van der Waals surface area (Å²) in [4.78, 5) is 0. The molecule has 0 radical (unpaired) electrons. The summed E-state index contributed by atoms with van der Waals surface area (Å²) in [6.45, 7) is 0. The summed E-state index contributed by atoms with van der Waals surface area (Å²) < 4.78 is 6.52. The molecule has 0 amide bonds. The fraction of sp³-hybridized carbons (Fsp3) is 0.0500. The summed E-state index contributed by atoms with van der Waals surface area (Å²) in [5.74, 6) is 1.89. The van der Waals surface area contributed by atoms with Crippen molar-refractivity contribution in [2.45, 2.75) is 12.8 Å². The third-order valence-corrected chi connectivity index (χ3v) is 8.88. The molecule has 1 nitrogen and oxygen atoms in total. The van der Waals surface area contributed by atoms with Crippen molar-refractivity contribution < 1.29 is 4.74 Å². The lowest BCUT2D eigenvalue weighted by Crippen LogP contribution is -2.02. The highest BCUT2D eigenvalue weighted by Crippen LogP contribution is 2.49. The smallest absolute Gasteiger partial charge is 0.136 e. The standard InChI is InChI=1S/C40H26O/c1-2-7-26-20-27(13-12-25(26)6-1)28-14-15-30-22-31(17-16-29(30)21-28)32-18-19-38-37(23-32)36-11-5-10-35-34-9-4-3-8-33(34)24-39(41-38)40(35)36/h1-3,5-8,10-24H,4,9H2. The van der Waals surface area contributed by atoms with E-state index in [1.807, 2.05) is 0 Å². The third kappa shape index (κ3) is 3.56. The van der Waals surface area contributed by atoms with Gasteiger partial charge in [0.2, 0.25) is 0 Å². The highest BCUT2D eigenvalue weighted by molar-refractivity contribution is 6.07. The van der Waals surface area contributed by atoms with E-state index in [9.17, 15) is 0 Å². The van der Waals surface area contributed by atoms with Crippen LogP contribution >= 0.6 is 0 Å². The molecule has 0 saturated heterocycles. The zero-order chi connectivity index (χ0) is 26.9. The highest BCUT2D eigenvalue weighted by Gasteiger charge is 2.23. The first kappa shape index (κ1) is 22.7. The van der Waals surface area contributed by atoms with Crippen LogP contribution in [0.5, 0.6) is 11.5 Å². The molecule has 0 fully saturated rings. The normalized spacial score (nSPS) is 13.3. The van der Waals surface area contributed by atoms with E-state index in [0.29, 0.717) is 0 Å². The lowest BCUT2D eigenvalue weighted by atomic mass is 9.86. The van der Waals surface area contributed by atoms with Gasteiger partial charge < -0.3 is 4.74 Å². The second kappa shape index (κ2) is 8.68. The van der Waals surface area contributed by atoms with Crippen molar-refractivity contribution in [3.63, 3.8) is 0 Å². The SMILES string of the molecule is C1=Cc2cc3c4c(cccc4c2CC1)-c1cc(-c2ccc4cc(-c5ccc6ccccc6c5)ccc4c2)ccc1O3. The molecule has 0 spiro atoms. The molecule has 1 heteroatoms. The third-order valence-electron chi connectivity index (χ3n) is 8.88. The van der Waals surface area contributed by atoms with E-state index >= 15 is 0 Å². The molecule has 0 bridgehead atoms. The van der Waals surface area contributed by atoms with Crippen LogP contribution in [0.25, 0.3) is 71.8 Å². The van der Waals surface area contributed by atoms with Gasteiger partial charge in [-0.3, -0.25) is 0 Å². The minimum atomic E-state index is 0.925. The van der Waals surface area contributed by atoms with Crippen LogP contribution in [0.1, 0.15) is 17.5 Å². The molecule has 1 heterocycles. The molecular formula is C40H26O. The van der Waals surface area contributed by atoms with Gasteiger partial charge in [0.15, 0.2) is 0 Å². The van der Waals surface area contributed by atoms with Gasteiger partial charge in [0.1, 0.15) is 11.5 Å². The van der Waals surface area contributed by atoms with Crippen LogP contribution in [0, 0.1) is 0 Å². The van der Waals surface area contributed by atoms with Crippen molar-refractivity contribution in [3.8, 4) is 44.9 Å². The fourth-order valence-electron chi connectivity index (χ4n) is 6.80. The number of fused-ring (bicyclic) bond motifs is 6. The lowest BCUT2D eigenvalue weighted by molar-refractivity contribution is 0.487. The van der Waals surface area contributed by atoms with Gasteiger partial charge in [-0.25, -0.2) is 0 Å². The Labute approximate surface area is 239 Å². The Kier molecular flexibility index (Phi) is 4.80. The van der Waals surface area contributed by atoms with Gasteiger partial charge in [-0.05, 0) is 115 Å². The molecule has 1 aliphatic heterocycles. The van der Waals surface area contributed by atoms with Crippen LogP contribution in [0.2, 0.25) is 0 Å². The second-order valence-electron chi connectivity index (χ2n) is 11.3. The van der Waals surface area contributed by atoms with Crippen molar-refractivity contribution in [2.75, 3.05) is 0 Å². The Balaban J connectivity index is 1.12. The predicted octanol–water partition coefficient (Wildman–Crippen LogP) is 11.2. The number of hydrogen-bond donors (Lipinski definition) is 0. The van der Waals surface area contributed by atoms with Crippen LogP contribution < -0.4 is 4.74 Å². The van der Waals surface area contributed by atoms with E-state index in [-0.39, 0.29) is 0 Å². The van der Waals surface area contributed by atoms with Crippen LogP contribution in [0.15, 0.2) is 127 Å². The minimum Gasteiger partial charge on any atom is -0.456 e.